The lowest BCUT2D eigenvalue weighted by atomic mass is 9.87. The Kier molecular flexibility index (Phi) is 5.96. The van der Waals surface area contributed by atoms with Crippen LogP contribution in [0.3, 0.4) is 0 Å². The predicted molar refractivity (Wildman–Crippen MR) is 106 cm³/mol. The van der Waals surface area contributed by atoms with Crippen LogP contribution in [0.4, 0.5) is 9.18 Å². The Labute approximate surface area is 169 Å². The van der Waals surface area contributed by atoms with E-state index >= 15 is 0 Å². The third-order valence-electron chi connectivity index (χ3n) is 5.32. The van der Waals surface area contributed by atoms with Crippen LogP contribution in [0.25, 0.3) is 0 Å². The number of hydrogen-bond donors (Lipinski definition) is 2. The van der Waals surface area contributed by atoms with Crippen molar-refractivity contribution >= 4 is 17.8 Å². The molecule has 2 N–H and O–H groups in total. The van der Waals surface area contributed by atoms with E-state index in [0.717, 1.165) is 10.5 Å². The van der Waals surface area contributed by atoms with Crippen LogP contribution < -0.4 is 10.6 Å². The molecule has 4 amide bonds. The van der Waals surface area contributed by atoms with E-state index in [4.69, 9.17) is 0 Å². The Morgan fingerprint density at radius 3 is 2.41 bits per heavy atom. The van der Waals surface area contributed by atoms with E-state index in [-0.39, 0.29) is 18.9 Å². The van der Waals surface area contributed by atoms with E-state index in [0.29, 0.717) is 12.1 Å². The monoisotopic (exact) mass is 397 g/mol. The van der Waals surface area contributed by atoms with Crippen molar-refractivity contribution in [2.24, 2.45) is 0 Å². The van der Waals surface area contributed by atoms with Crippen LogP contribution in [0.1, 0.15) is 37.3 Å². The van der Waals surface area contributed by atoms with Crippen molar-refractivity contribution in [3.63, 3.8) is 0 Å². The highest BCUT2D eigenvalue weighted by molar-refractivity contribution is 6.09. The lowest BCUT2D eigenvalue weighted by Crippen LogP contribution is -2.45. The van der Waals surface area contributed by atoms with E-state index < -0.39 is 29.2 Å². The molecule has 1 heterocycles. The van der Waals surface area contributed by atoms with Crippen LogP contribution in [0, 0.1) is 5.82 Å². The molecule has 29 heavy (non-hydrogen) atoms. The predicted octanol–water partition coefficient (Wildman–Crippen LogP) is 2.90. The Morgan fingerprint density at radius 1 is 1.14 bits per heavy atom. The summed E-state index contributed by atoms with van der Waals surface area (Å²) in [6.07, 6.45) is 0.284. The number of carbonyl (C=O) groups is 3. The molecule has 1 fully saturated rings. The molecule has 0 radical (unpaired) electrons. The van der Waals surface area contributed by atoms with Gasteiger partial charge in [0.15, 0.2) is 0 Å². The third-order valence-corrected chi connectivity index (χ3v) is 5.32. The second-order valence-corrected chi connectivity index (χ2v) is 7.20. The van der Waals surface area contributed by atoms with E-state index in [1.807, 2.05) is 37.3 Å². The summed E-state index contributed by atoms with van der Waals surface area (Å²) >= 11 is 0. The van der Waals surface area contributed by atoms with Crippen molar-refractivity contribution in [3.05, 3.63) is 71.5 Å². The average molecular weight is 397 g/mol. The minimum absolute atomic E-state index is 0.0946. The second kappa shape index (κ2) is 8.43. The zero-order chi connectivity index (χ0) is 21.0. The van der Waals surface area contributed by atoms with E-state index in [1.165, 1.54) is 24.3 Å². The van der Waals surface area contributed by atoms with Crippen molar-refractivity contribution in [2.45, 2.75) is 31.7 Å². The van der Waals surface area contributed by atoms with Gasteiger partial charge in [0.05, 0.1) is 0 Å². The maximum atomic E-state index is 13.3. The van der Waals surface area contributed by atoms with Gasteiger partial charge >= 0.3 is 6.03 Å². The lowest BCUT2D eigenvalue weighted by Gasteiger charge is -2.25. The average Bonchev–Trinajstić information content (AvgIpc) is 2.98. The number of nitrogens with one attached hydrogen (secondary N) is 2. The molecule has 152 valence electrons. The second-order valence-electron chi connectivity index (χ2n) is 7.20. The molecule has 7 heteroatoms. The van der Waals surface area contributed by atoms with Gasteiger partial charge in [0.2, 0.25) is 5.91 Å². The fourth-order valence-electron chi connectivity index (χ4n) is 3.51. The molecular formula is C22H24FN3O3. The van der Waals surface area contributed by atoms with Gasteiger partial charge in [-0.3, -0.25) is 14.5 Å². The van der Waals surface area contributed by atoms with Crippen LogP contribution in [-0.2, 0) is 15.1 Å². The first-order chi connectivity index (χ1) is 13.9. The summed E-state index contributed by atoms with van der Waals surface area (Å²) < 4.78 is 13.3. The first-order valence-corrected chi connectivity index (χ1v) is 9.59. The molecule has 2 aromatic carbocycles. The molecule has 2 aromatic rings. The normalized spacial score (nSPS) is 19.8. The summed E-state index contributed by atoms with van der Waals surface area (Å²) in [7, 11) is 0. The molecule has 1 aliphatic heterocycles. The SMILES string of the molecule is CCC1(c2ccc(F)cc2)NC(=O)N(CC(=O)NCC(C)c2ccccc2)C1=O. The van der Waals surface area contributed by atoms with Gasteiger partial charge < -0.3 is 10.6 Å². The number of amides is 4. The van der Waals surface area contributed by atoms with Crippen LogP contribution in [0.15, 0.2) is 54.6 Å². The molecule has 0 saturated carbocycles. The maximum Gasteiger partial charge on any atom is 0.325 e. The van der Waals surface area contributed by atoms with Crippen molar-refractivity contribution < 1.29 is 18.8 Å². The van der Waals surface area contributed by atoms with Crippen molar-refractivity contribution in [3.8, 4) is 0 Å². The summed E-state index contributed by atoms with van der Waals surface area (Å²) in [5.41, 5.74) is 0.284. The number of urea groups is 1. The molecule has 1 saturated heterocycles. The largest absolute Gasteiger partial charge is 0.354 e. The fraction of sp³-hybridized carbons (Fsp3) is 0.318. The molecule has 1 aliphatic rings. The van der Waals surface area contributed by atoms with Crippen LogP contribution in [-0.4, -0.2) is 35.8 Å². The van der Waals surface area contributed by atoms with Crippen molar-refractivity contribution in [1.82, 2.24) is 15.5 Å². The number of rotatable bonds is 7. The molecule has 3 rings (SSSR count). The highest BCUT2D eigenvalue weighted by Crippen LogP contribution is 2.32. The number of nitrogens with zero attached hydrogens (tertiary/aromatic N) is 1. The summed E-state index contributed by atoms with van der Waals surface area (Å²) in [6, 6.07) is 14.5. The quantitative estimate of drug-likeness (QED) is 0.705. The minimum Gasteiger partial charge on any atom is -0.354 e. The fourth-order valence-corrected chi connectivity index (χ4v) is 3.51. The number of carbonyl (C=O) groups excluding carboxylic acids is 3. The Balaban J connectivity index is 1.66. The first-order valence-electron chi connectivity index (χ1n) is 9.59. The number of benzene rings is 2. The van der Waals surface area contributed by atoms with Gasteiger partial charge in [-0.2, -0.15) is 0 Å². The Morgan fingerprint density at radius 2 is 1.79 bits per heavy atom. The smallest absolute Gasteiger partial charge is 0.325 e. The zero-order valence-corrected chi connectivity index (χ0v) is 16.4. The number of imide groups is 1. The van der Waals surface area contributed by atoms with Crippen molar-refractivity contribution in [1.29, 1.82) is 0 Å². The van der Waals surface area contributed by atoms with Gasteiger partial charge in [0.1, 0.15) is 17.9 Å². The van der Waals surface area contributed by atoms with Gasteiger partial charge in [0.25, 0.3) is 5.91 Å². The first kappa shape index (κ1) is 20.5. The molecule has 0 aromatic heterocycles. The summed E-state index contributed by atoms with van der Waals surface area (Å²) in [6.45, 7) is 3.77. The molecule has 0 aliphatic carbocycles. The van der Waals surface area contributed by atoms with E-state index in [9.17, 15) is 18.8 Å². The maximum absolute atomic E-state index is 13.3. The number of hydrogen-bond acceptors (Lipinski definition) is 3. The highest BCUT2D eigenvalue weighted by atomic mass is 19.1. The molecule has 6 nitrogen and oxygen atoms in total. The molecule has 2 unspecified atom stereocenters. The van der Waals surface area contributed by atoms with Gasteiger partial charge in [-0.05, 0) is 35.6 Å². The van der Waals surface area contributed by atoms with Crippen molar-refractivity contribution in [2.75, 3.05) is 13.1 Å². The Bertz CT molecular complexity index is 901. The minimum atomic E-state index is -1.29. The molecule has 2 atom stereocenters. The van der Waals surface area contributed by atoms with Gasteiger partial charge in [-0.15, -0.1) is 0 Å². The van der Waals surface area contributed by atoms with Gasteiger partial charge in [-0.25, -0.2) is 9.18 Å². The lowest BCUT2D eigenvalue weighted by molar-refractivity contribution is -0.135. The highest BCUT2D eigenvalue weighted by Gasteiger charge is 2.51. The summed E-state index contributed by atoms with van der Waals surface area (Å²) in [4.78, 5) is 38.7. The van der Waals surface area contributed by atoms with E-state index in [2.05, 4.69) is 10.6 Å². The summed E-state index contributed by atoms with van der Waals surface area (Å²) in [5.74, 6) is -1.26. The van der Waals surface area contributed by atoms with Gasteiger partial charge in [0, 0.05) is 6.54 Å². The summed E-state index contributed by atoms with van der Waals surface area (Å²) in [5, 5.41) is 5.46. The topological polar surface area (TPSA) is 78.5 Å². The standard InChI is InChI=1S/C22H24FN3O3/c1-3-22(17-9-11-18(23)12-10-17)20(28)26(21(29)25-22)14-19(27)24-13-15(2)16-7-5-4-6-8-16/h4-12,15H,3,13-14H2,1-2H3,(H,24,27)(H,25,29). The molecular weight excluding hydrogens is 373 g/mol. The van der Waals surface area contributed by atoms with E-state index in [1.54, 1.807) is 6.92 Å². The zero-order valence-electron chi connectivity index (χ0n) is 16.4. The van der Waals surface area contributed by atoms with Gasteiger partial charge in [-0.1, -0.05) is 56.3 Å². The molecule has 0 spiro atoms. The van der Waals surface area contributed by atoms with Crippen LogP contribution >= 0.6 is 0 Å². The Hall–Kier alpha value is -3.22. The van der Waals surface area contributed by atoms with Crippen LogP contribution in [0.2, 0.25) is 0 Å². The third kappa shape index (κ3) is 4.13. The van der Waals surface area contributed by atoms with Crippen LogP contribution in [0.5, 0.6) is 0 Å². The number of halogens is 1. The molecule has 0 bridgehead atoms.